The molecule has 6 heteroatoms. The number of rotatable bonds is 4. The quantitative estimate of drug-likeness (QED) is 0.652. The highest BCUT2D eigenvalue weighted by Gasteiger charge is 2.49. The molecule has 3 atom stereocenters. The number of benzene rings is 2. The van der Waals surface area contributed by atoms with Gasteiger partial charge in [-0.25, -0.2) is 9.18 Å². The summed E-state index contributed by atoms with van der Waals surface area (Å²) in [6, 6.07) is 14.9. The predicted octanol–water partition coefficient (Wildman–Crippen LogP) is 5.24. The van der Waals surface area contributed by atoms with E-state index >= 15 is 0 Å². The number of halogens is 1. The molecule has 2 aromatic carbocycles. The van der Waals surface area contributed by atoms with Gasteiger partial charge >= 0.3 is 6.03 Å². The van der Waals surface area contributed by atoms with Crippen LogP contribution in [0, 0.1) is 5.82 Å². The summed E-state index contributed by atoms with van der Waals surface area (Å²) in [7, 11) is 0. The largest absolute Gasteiger partial charge is 0.395 e. The number of aliphatic hydroxyl groups is 1. The molecule has 2 amide bonds. The molecule has 0 radical (unpaired) electrons. The molecule has 2 aliphatic heterocycles. The second-order valence-electron chi connectivity index (χ2n) is 9.77. The number of hydrogen-bond donors (Lipinski definition) is 2. The molecule has 5 rings (SSSR count). The number of carbonyl (C=O) groups is 1. The summed E-state index contributed by atoms with van der Waals surface area (Å²) >= 11 is 0. The van der Waals surface area contributed by atoms with E-state index in [9.17, 15) is 14.3 Å². The average molecular weight is 464 g/mol. The van der Waals surface area contributed by atoms with E-state index in [2.05, 4.69) is 40.6 Å². The first kappa shape index (κ1) is 23.1. The first-order valence-corrected chi connectivity index (χ1v) is 12.6. The molecule has 2 heterocycles. The van der Waals surface area contributed by atoms with Gasteiger partial charge in [-0.3, -0.25) is 4.90 Å². The number of hydrogen-bond acceptors (Lipinski definition) is 3. The molecule has 0 aromatic heterocycles. The topological polar surface area (TPSA) is 55.8 Å². The number of fused-ring (bicyclic) bond motifs is 1. The molecule has 2 N–H and O–H groups in total. The van der Waals surface area contributed by atoms with Crippen molar-refractivity contribution in [3.63, 3.8) is 0 Å². The Bertz CT molecular complexity index is 1020. The van der Waals surface area contributed by atoms with Crippen LogP contribution in [0.4, 0.5) is 14.9 Å². The second-order valence-corrected chi connectivity index (χ2v) is 9.77. The molecule has 180 valence electrons. The average Bonchev–Trinajstić information content (AvgIpc) is 2.85. The molecule has 34 heavy (non-hydrogen) atoms. The molecule has 2 aromatic rings. The van der Waals surface area contributed by atoms with Gasteiger partial charge in [0.25, 0.3) is 0 Å². The molecule has 0 unspecified atom stereocenters. The highest BCUT2D eigenvalue weighted by molar-refractivity contribution is 5.89. The third-order valence-electron chi connectivity index (χ3n) is 7.71. The van der Waals surface area contributed by atoms with E-state index in [1.54, 1.807) is 12.1 Å². The maximum atomic E-state index is 13.2. The summed E-state index contributed by atoms with van der Waals surface area (Å²) in [5.41, 5.74) is 4.58. The van der Waals surface area contributed by atoms with Crippen LogP contribution in [0.25, 0.3) is 5.57 Å². The number of anilines is 1. The van der Waals surface area contributed by atoms with Crippen molar-refractivity contribution in [3.8, 4) is 0 Å². The van der Waals surface area contributed by atoms with Gasteiger partial charge < -0.3 is 15.3 Å². The Labute approximate surface area is 201 Å². The van der Waals surface area contributed by atoms with E-state index in [4.69, 9.17) is 0 Å². The maximum Gasteiger partial charge on any atom is 0.321 e. The van der Waals surface area contributed by atoms with Crippen molar-refractivity contribution in [3.05, 3.63) is 71.6 Å². The molecule has 0 spiro atoms. The monoisotopic (exact) mass is 463 g/mol. The summed E-state index contributed by atoms with van der Waals surface area (Å²) in [6.45, 7) is 2.38. The minimum absolute atomic E-state index is 0.0878. The standard InChI is InChI=1S/C28H34FN3O2/c29-23-12-14-24(15-13-23)30-28(34)31-16-4-5-17-32-25(18-31)27(26(32)19-33)22-10-8-21(9-11-22)20-6-2-1-3-7-20/h6,8-15,25-27,33H,1-5,7,16-19H2,(H,30,34)/t25-,26+,27+/m0/s1. The number of urea groups is 1. The van der Waals surface area contributed by atoms with Crippen LogP contribution < -0.4 is 5.32 Å². The fourth-order valence-corrected chi connectivity index (χ4v) is 5.88. The molecule has 5 nitrogen and oxygen atoms in total. The van der Waals surface area contributed by atoms with Crippen LogP contribution in [0.3, 0.4) is 0 Å². The van der Waals surface area contributed by atoms with Crippen molar-refractivity contribution < 1.29 is 14.3 Å². The van der Waals surface area contributed by atoms with Crippen LogP contribution in [-0.4, -0.2) is 59.3 Å². The molecule has 2 saturated heterocycles. The summed E-state index contributed by atoms with van der Waals surface area (Å²) < 4.78 is 13.2. The summed E-state index contributed by atoms with van der Waals surface area (Å²) in [6.07, 6.45) is 9.14. The zero-order valence-electron chi connectivity index (χ0n) is 19.6. The van der Waals surface area contributed by atoms with E-state index in [1.807, 2.05) is 4.90 Å². The minimum atomic E-state index is -0.321. The lowest BCUT2D eigenvalue weighted by molar-refractivity contribution is -0.0585. The van der Waals surface area contributed by atoms with E-state index in [0.29, 0.717) is 18.8 Å². The smallest absolute Gasteiger partial charge is 0.321 e. The second kappa shape index (κ2) is 10.3. The normalized spacial score (nSPS) is 25.4. The van der Waals surface area contributed by atoms with Crippen molar-refractivity contribution in [1.29, 1.82) is 0 Å². The van der Waals surface area contributed by atoms with Crippen LogP contribution in [0.5, 0.6) is 0 Å². The van der Waals surface area contributed by atoms with Gasteiger partial charge in [0.15, 0.2) is 0 Å². The van der Waals surface area contributed by atoms with Gasteiger partial charge in [0, 0.05) is 36.8 Å². The molecule has 2 fully saturated rings. The highest BCUT2D eigenvalue weighted by atomic mass is 19.1. The fraction of sp³-hybridized carbons (Fsp3) is 0.464. The number of aliphatic hydroxyl groups excluding tert-OH is 1. The maximum absolute atomic E-state index is 13.2. The minimum Gasteiger partial charge on any atom is -0.395 e. The van der Waals surface area contributed by atoms with Gasteiger partial charge in [-0.1, -0.05) is 30.3 Å². The Kier molecular flexibility index (Phi) is 6.97. The lowest BCUT2D eigenvalue weighted by Gasteiger charge is -2.57. The Hall–Kier alpha value is -2.70. The number of carbonyl (C=O) groups excluding carboxylic acids is 1. The van der Waals surface area contributed by atoms with Crippen molar-refractivity contribution >= 4 is 17.3 Å². The Morgan fingerprint density at radius 3 is 2.47 bits per heavy atom. The van der Waals surface area contributed by atoms with Crippen LogP contribution in [0.1, 0.15) is 55.6 Å². The van der Waals surface area contributed by atoms with Crippen molar-refractivity contribution in [1.82, 2.24) is 9.80 Å². The van der Waals surface area contributed by atoms with Gasteiger partial charge in [-0.05, 0) is 86.0 Å². The molecular formula is C28H34FN3O2. The lowest BCUT2D eigenvalue weighted by atomic mass is 9.74. The van der Waals surface area contributed by atoms with Crippen molar-refractivity contribution in [2.24, 2.45) is 0 Å². The lowest BCUT2D eigenvalue weighted by Crippen LogP contribution is -2.68. The first-order valence-electron chi connectivity index (χ1n) is 12.6. The van der Waals surface area contributed by atoms with E-state index in [0.717, 1.165) is 25.8 Å². The summed E-state index contributed by atoms with van der Waals surface area (Å²) in [4.78, 5) is 17.3. The zero-order chi connectivity index (χ0) is 23.5. The van der Waals surface area contributed by atoms with E-state index in [-0.39, 0.29) is 36.5 Å². The van der Waals surface area contributed by atoms with Gasteiger partial charge in [-0.15, -0.1) is 0 Å². The Morgan fingerprint density at radius 1 is 1.00 bits per heavy atom. The first-order chi connectivity index (χ1) is 16.6. The SMILES string of the molecule is O=C(Nc1ccc(F)cc1)N1CCCCN2[C@H](CO)[C@H](c3ccc(C4=CCCCC4)cc3)[C@@H]2C1. The third kappa shape index (κ3) is 4.75. The van der Waals surface area contributed by atoms with Crippen LogP contribution in [0.2, 0.25) is 0 Å². The van der Waals surface area contributed by atoms with Gasteiger partial charge in [-0.2, -0.15) is 0 Å². The highest BCUT2D eigenvalue weighted by Crippen LogP contribution is 2.42. The van der Waals surface area contributed by atoms with E-state index < -0.39 is 0 Å². The number of nitrogens with zero attached hydrogens (tertiary/aromatic N) is 2. The zero-order valence-corrected chi connectivity index (χ0v) is 19.6. The molecular weight excluding hydrogens is 429 g/mol. The molecule has 0 saturated carbocycles. The summed E-state index contributed by atoms with van der Waals surface area (Å²) in [5, 5.41) is 13.1. The fourth-order valence-electron chi connectivity index (χ4n) is 5.88. The van der Waals surface area contributed by atoms with Gasteiger partial charge in [0.05, 0.1) is 6.61 Å². The van der Waals surface area contributed by atoms with Crippen LogP contribution in [-0.2, 0) is 0 Å². The predicted molar refractivity (Wildman–Crippen MR) is 133 cm³/mol. The Balaban J connectivity index is 1.32. The van der Waals surface area contributed by atoms with Crippen LogP contribution in [0.15, 0.2) is 54.6 Å². The van der Waals surface area contributed by atoms with Gasteiger partial charge in [0.2, 0.25) is 0 Å². The number of allylic oxidation sites excluding steroid dienone is 2. The van der Waals surface area contributed by atoms with Crippen molar-refractivity contribution in [2.75, 3.05) is 31.6 Å². The molecule has 0 bridgehead atoms. The Morgan fingerprint density at radius 2 is 1.76 bits per heavy atom. The number of amides is 2. The summed E-state index contributed by atoms with van der Waals surface area (Å²) in [5.74, 6) is -0.128. The van der Waals surface area contributed by atoms with Gasteiger partial charge in [0.1, 0.15) is 5.82 Å². The number of nitrogens with one attached hydrogen (secondary N) is 1. The molecule has 3 aliphatic rings. The van der Waals surface area contributed by atoms with E-state index in [1.165, 1.54) is 48.1 Å². The third-order valence-corrected chi connectivity index (χ3v) is 7.71. The van der Waals surface area contributed by atoms with Crippen molar-refractivity contribution in [2.45, 2.75) is 56.5 Å². The van der Waals surface area contributed by atoms with Crippen LogP contribution >= 0.6 is 0 Å². The molecule has 1 aliphatic carbocycles.